The molecule has 0 unspecified atom stereocenters. The quantitative estimate of drug-likeness (QED) is 0.601. The summed E-state index contributed by atoms with van der Waals surface area (Å²) in [6.07, 6.45) is 5.87. The Bertz CT molecular complexity index is 608. The number of fused-ring (bicyclic) bond motifs is 3. The van der Waals surface area contributed by atoms with Gasteiger partial charge in [0.1, 0.15) is 0 Å². The average Bonchev–Trinajstić information content (AvgIpc) is 2.74. The fourth-order valence-electron chi connectivity index (χ4n) is 7.36. The predicted molar refractivity (Wildman–Crippen MR) is 99.7 cm³/mol. The molecule has 3 nitrogen and oxygen atoms in total. The SMILES string of the molecule is C=C[C@]1(C)C=C(C)[C@H]2[C@@H]([C@H](O)[C@H]3[C@H](C)C[C@H](C)C[C@@]32C)[C@@H]1C(=O)OC. The maximum absolute atomic E-state index is 12.8. The Kier molecular flexibility index (Phi) is 4.47. The van der Waals surface area contributed by atoms with E-state index in [1.807, 2.05) is 13.0 Å². The van der Waals surface area contributed by atoms with Crippen LogP contribution in [0.3, 0.4) is 0 Å². The molecule has 2 saturated carbocycles. The average molecular weight is 347 g/mol. The van der Waals surface area contributed by atoms with E-state index in [9.17, 15) is 9.90 Å². The molecule has 0 bridgehead atoms. The van der Waals surface area contributed by atoms with Crippen molar-refractivity contribution in [3.05, 3.63) is 24.3 Å². The predicted octanol–water partition coefficient (Wildman–Crippen LogP) is 4.22. The van der Waals surface area contributed by atoms with E-state index in [4.69, 9.17) is 4.74 Å². The first-order chi connectivity index (χ1) is 11.6. The second kappa shape index (κ2) is 5.97. The fraction of sp³-hybridized carbons (Fsp3) is 0.773. The van der Waals surface area contributed by atoms with Crippen LogP contribution in [-0.4, -0.2) is 24.3 Å². The number of carbonyl (C=O) groups excluding carboxylic acids is 1. The maximum atomic E-state index is 12.8. The third-order valence-corrected chi connectivity index (χ3v) is 7.77. The minimum absolute atomic E-state index is 0.0382. The van der Waals surface area contributed by atoms with E-state index in [0.29, 0.717) is 11.8 Å². The molecular weight excluding hydrogens is 312 g/mol. The zero-order valence-electron chi connectivity index (χ0n) is 16.6. The smallest absolute Gasteiger partial charge is 0.310 e. The number of aliphatic hydroxyl groups is 1. The molecule has 0 heterocycles. The number of ether oxygens (including phenoxy) is 1. The van der Waals surface area contributed by atoms with E-state index < -0.39 is 11.5 Å². The molecule has 0 radical (unpaired) electrons. The molecule has 140 valence electrons. The molecule has 0 amide bonds. The van der Waals surface area contributed by atoms with Crippen molar-refractivity contribution in [1.82, 2.24) is 0 Å². The first-order valence-corrected chi connectivity index (χ1v) is 9.69. The van der Waals surface area contributed by atoms with Gasteiger partial charge in [0.15, 0.2) is 0 Å². The number of hydrogen-bond donors (Lipinski definition) is 1. The standard InChI is InChI=1S/C22H34O3/c1-8-21(5)11-14(4)16-15(18(21)20(24)25-7)19(23)17-13(3)9-12(2)10-22(16,17)6/h8,11-13,15-19,23H,1,9-10H2,2-7H3/t12-,13+,15+,16-,17+,18+,19-,21+,22+/m0/s1. The molecule has 2 fully saturated rings. The summed E-state index contributed by atoms with van der Waals surface area (Å²) in [5.74, 6) is 0.904. The van der Waals surface area contributed by atoms with Gasteiger partial charge in [0.2, 0.25) is 0 Å². The molecule has 3 heteroatoms. The number of carbonyl (C=O) groups is 1. The Morgan fingerprint density at radius 3 is 2.60 bits per heavy atom. The van der Waals surface area contributed by atoms with E-state index in [2.05, 4.69) is 40.3 Å². The van der Waals surface area contributed by atoms with Crippen LogP contribution in [0.2, 0.25) is 0 Å². The van der Waals surface area contributed by atoms with Crippen molar-refractivity contribution in [3.8, 4) is 0 Å². The first-order valence-electron chi connectivity index (χ1n) is 9.69. The van der Waals surface area contributed by atoms with Crippen LogP contribution in [0.4, 0.5) is 0 Å². The molecule has 3 rings (SSSR count). The van der Waals surface area contributed by atoms with Crippen molar-refractivity contribution in [1.29, 1.82) is 0 Å². The highest BCUT2D eigenvalue weighted by molar-refractivity contribution is 5.75. The van der Waals surface area contributed by atoms with Crippen molar-refractivity contribution in [2.24, 2.45) is 46.3 Å². The summed E-state index contributed by atoms with van der Waals surface area (Å²) in [5.41, 5.74) is 0.868. The molecule has 0 saturated heterocycles. The van der Waals surface area contributed by atoms with Crippen LogP contribution >= 0.6 is 0 Å². The number of methoxy groups -OCH3 is 1. The second-order valence-electron chi connectivity index (χ2n) is 9.56. The lowest BCUT2D eigenvalue weighted by atomic mass is 9.54. The fourth-order valence-corrected chi connectivity index (χ4v) is 7.36. The van der Waals surface area contributed by atoms with E-state index in [-0.39, 0.29) is 35.1 Å². The van der Waals surface area contributed by atoms with Crippen molar-refractivity contribution in [2.45, 2.75) is 53.6 Å². The number of aliphatic hydroxyl groups excluding tert-OH is 1. The molecule has 0 aromatic heterocycles. The molecule has 0 spiro atoms. The summed E-state index contributed by atoms with van der Waals surface area (Å²) in [6, 6.07) is 0. The van der Waals surface area contributed by atoms with Crippen LogP contribution < -0.4 is 0 Å². The van der Waals surface area contributed by atoms with Crippen LogP contribution in [-0.2, 0) is 9.53 Å². The third kappa shape index (κ3) is 2.45. The number of esters is 1. The summed E-state index contributed by atoms with van der Waals surface area (Å²) < 4.78 is 5.19. The second-order valence-corrected chi connectivity index (χ2v) is 9.56. The summed E-state index contributed by atoms with van der Waals surface area (Å²) in [4.78, 5) is 12.8. The van der Waals surface area contributed by atoms with Gasteiger partial charge in [-0.25, -0.2) is 0 Å². The molecule has 3 aliphatic rings. The molecule has 9 atom stereocenters. The van der Waals surface area contributed by atoms with Crippen molar-refractivity contribution in [2.75, 3.05) is 7.11 Å². The van der Waals surface area contributed by atoms with Gasteiger partial charge in [0.05, 0.1) is 19.1 Å². The van der Waals surface area contributed by atoms with E-state index >= 15 is 0 Å². The van der Waals surface area contributed by atoms with Crippen LogP contribution in [0.5, 0.6) is 0 Å². The number of allylic oxidation sites excluding steroid dienone is 3. The molecule has 0 aromatic rings. The molecule has 0 aliphatic heterocycles. The molecular formula is C22H34O3. The Morgan fingerprint density at radius 1 is 1.40 bits per heavy atom. The van der Waals surface area contributed by atoms with Crippen molar-refractivity contribution >= 4 is 5.97 Å². The number of hydrogen-bond acceptors (Lipinski definition) is 3. The molecule has 25 heavy (non-hydrogen) atoms. The summed E-state index contributed by atoms with van der Waals surface area (Å²) >= 11 is 0. The minimum Gasteiger partial charge on any atom is -0.469 e. The van der Waals surface area contributed by atoms with Crippen molar-refractivity contribution < 1.29 is 14.6 Å². The highest BCUT2D eigenvalue weighted by Crippen LogP contribution is 2.67. The first kappa shape index (κ1) is 18.7. The largest absolute Gasteiger partial charge is 0.469 e. The summed E-state index contributed by atoms with van der Waals surface area (Å²) in [7, 11) is 1.45. The topological polar surface area (TPSA) is 46.5 Å². The maximum Gasteiger partial charge on any atom is 0.310 e. The van der Waals surface area contributed by atoms with Crippen LogP contribution in [0.15, 0.2) is 24.3 Å². The third-order valence-electron chi connectivity index (χ3n) is 7.77. The Labute approximate surface area is 152 Å². The Morgan fingerprint density at radius 2 is 2.04 bits per heavy atom. The van der Waals surface area contributed by atoms with Gasteiger partial charge in [-0.15, -0.1) is 6.58 Å². The number of rotatable bonds is 2. The highest BCUT2D eigenvalue weighted by atomic mass is 16.5. The zero-order valence-corrected chi connectivity index (χ0v) is 16.6. The minimum atomic E-state index is -0.474. The van der Waals surface area contributed by atoms with Crippen LogP contribution in [0.1, 0.15) is 47.5 Å². The lowest BCUT2D eigenvalue weighted by molar-refractivity contribution is -0.154. The Hall–Kier alpha value is -1.09. The van der Waals surface area contributed by atoms with Gasteiger partial charge in [-0.1, -0.05) is 45.4 Å². The molecule has 1 N–H and O–H groups in total. The van der Waals surface area contributed by atoms with E-state index in [1.54, 1.807) is 0 Å². The normalized spacial score (nSPS) is 52.0. The Balaban J connectivity index is 2.18. The van der Waals surface area contributed by atoms with Gasteiger partial charge in [-0.3, -0.25) is 4.79 Å². The van der Waals surface area contributed by atoms with E-state index in [1.165, 1.54) is 12.7 Å². The lowest BCUT2D eigenvalue weighted by Gasteiger charge is -2.49. The van der Waals surface area contributed by atoms with Gasteiger partial charge < -0.3 is 9.84 Å². The van der Waals surface area contributed by atoms with Gasteiger partial charge in [-0.2, -0.15) is 0 Å². The molecule has 3 aliphatic carbocycles. The zero-order chi connectivity index (χ0) is 18.7. The summed E-state index contributed by atoms with van der Waals surface area (Å²) in [5, 5.41) is 11.4. The van der Waals surface area contributed by atoms with Crippen molar-refractivity contribution in [3.63, 3.8) is 0 Å². The van der Waals surface area contributed by atoms with Crippen LogP contribution in [0.25, 0.3) is 0 Å². The van der Waals surface area contributed by atoms with Gasteiger partial charge >= 0.3 is 5.97 Å². The van der Waals surface area contributed by atoms with Gasteiger partial charge in [0, 0.05) is 11.3 Å². The monoisotopic (exact) mass is 346 g/mol. The van der Waals surface area contributed by atoms with Gasteiger partial charge in [-0.05, 0) is 48.9 Å². The van der Waals surface area contributed by atoms with E-state index in [0.717, 1.165) is 12.8 Å². The highest BCUT2D eigenvalue weighted by Gasteiger charge is 2.66. The van der Waals surface area contributed by atoms with Gasteiger partial charge in [0.25, 0.3) is 0 Å². The lowest BCUT2D eigenvalue weighted by Crippen LogP contribution is -2.47. The summed E-state index contributed by atoms with van der Waals surface area (Å²) in [6.45, 7) is 15.2. The molecule has 0 aromatic carbocycles. The van der Waals surface area contributed by atoms with Crippen LogP contribution in [0, 0.1) is 46.3 Å².